The summed E-state index contributed by atoms with van der Waals surface area (Å²) in [5.41, 5.74) is 1.14. The second-order valence-corrected chi connectivity index (χ2v) is 6.05. The van der Waals surface area contributed by atoms with Gasteiger partial charge in [0.15, 0.2) is 0 Å². The van der Waals surface area contributed by atoms with Crippen molar-refractivity contribution in [3.05, 3.63) is 46.7 Å². The Morgan fingerprint density at radius 1 is 1.19 bits per heavy atom. The summed E-state index contributed by atoms with van der Waals surface area (Å²) in [6.07, 6.45) is -0.668. The molecule has 1 aromatic heterocycles. The van der Waals surface area contributed by atoms with E-state index in [1.165, 1.54) is 11.5 Å². The Hall–Kier alpha value is -1.42. The molecular formula is C16H15ClF3N. The average molecular weight is 314 g/mol. The standard InChI is InChI=1S/C16H15ClF3N/c1-10-14(12-4-6-13(17)7-5-12)9-21(8-11-2-3-11)15(10)16(18,19)20/h4-7,9,11H,2-3,8H2,1H3. The van der Waals surface area contributed by atoms with E-state index in [1.54, 1.807) is 30.5 Å². The highest BCUT2D eigenvalue weighted by molar-refractivity contribution is 6.30. The lowest BCUT2D eigenvalue weighted by molar-refractivity contribution is -0.144. The topological polar surface area (TPSA) is 4.93 Å². The molecule has 112 valence electrons. The molecule has 3 rings (SSSR count). The Bertz CT molecular complexity index is 651. The summed E-state index contributed by atoms with van der Waals surface area (Å²) >= 11 is 5.84. The number of aromatic nitrogens is 1. The Morgan fingerprint density at radius 2 is 1.81 bits per heavy atom. The van der Waals surface area contributed by atoms with Gasteiger partial charge >= 0.3 is 6.18 Å². The summed E-state index contributed by atoms with van der Waals surface area (Å²) in [5.74, 6) is 0.385. The zero-order valence-corrected chi connectivity index (χ0v) is 12.3. The third kappa shape index (κ3) is 2.95. The maximum absolute atomic E-state index is 13.3. The SMILES string of the molecule is Cc1c(-c2ccc(Cl)cc2)cn(CC2CC2)c1C(F)(F)F. The summed E-state index contributed by atoms with van der Waals surface area (Å²) in [6.45, 7) is 1.99. The zero-order chi connectivity index (χ0) is 15.2. The van der Waals surface area contributed by atoms with Crippen molar-refractivity contribution in [1.82, 2.24) is 4.57 Å². The average Bonchev–Trinajstić information content (AvgIpc) is 3.12. The van der Waals surface area contributed by atoms with Crippen LogP contribution in [0, 0.1) is 12.8 Å². The molecule has 0 spiro atoms. The summed E-state index contributed by atoms with van der Waals surface area (Å²) in [7, 11) is 0. The monoisotopic (exact) mass is 313 g/mol. The van der Waals surface area contributed by atoms with Crippen molar-refractivity contribution in [1.29, 1.82) is 0 Å². The van der Waals surface area contributed by atoms with Crippen molar-refractivity contribution in [2.24, 2.45) is 5.92 Å². The first-order valence-corrected chi connectivity index (χ1v) is 7.27. The Morgan fingerprint density at radius 3 is 2.33 bits per heavy atom. The molecule has 1 aliphatic carbocycles. The molecule has 0 saturated heterocycles. The quantitative estimate of drug-likeness (QED) is 0.700. The Labute approximate surface area is 126 Å². The second kappa shape index (κ2) is 5.09. The van der Waals surface area contributed by atoms with Crippen molar-refractivity contribution in [3.63, 3.8) is 0 Å². The maximum Gasteiger partial charge on any atom is 0.431 e. The number of alkyl halides is 3. The molecule has 21 heavy (non-hydrogen) atoms. The van der Waals surface area contributed by atoms with Crippen molar-refractivity contribution in [2.75, 3.05) is 0 Å². The molecule has 2 aromatic rings. The van der Waals surface area contributed by atoms with Gasteiger partial charge in [-0.1, -0.05) is 23.7 Å². The molecule has 0 amide bonds. The van der Waals surface area contributed by atoms with E-state index in [2.05, 4.69) is 0 Å². The summed E-state index contributed by atoms with van der Waals surface area (Å²) in [5, 5.41) is 0.574. The maximum atomic E-state index is 13.3. The van der Waals surface area contributed by atoms with E-state index in [9.17, 15) is 13.2 Å². The second-order valence-electron chi connectivity index (χ2n) is 5.62. The van der Waals surface area contributed by atoms with E-state index < -0.39 is 11.9 Å². The van der Waals surface area contributed by atoms with E-state index in [-0.39, 0.29) is 5.56 Å². The number of hydrogen-bond donors (Lipinski definition) is 0. The van der Waals surface area contributed by atoms with Gasteiger partial charge in [0.1, 0.15) is 5.69 Å². The molecule has 0 N–H and O–H groups in total. The molecule has 1 aromatic carbocycles. The third-order valence-corrected chi connectivity index (χ3v) is 4.16. The van der Waals surface area contributed by atoms with Gasteiger partial charge in [-0.2, -0.15) is 13.2 Å². The third-order valence-electron chi connectivity index (χ3n) is 3.91. The van der Waals surface area contributed by atoms with Gasteiger partial charge in [-0.05, 0) is 48.9 Å². The first-order chi connectivity index (χ1) is 9.86. The molecule has 1 heterocycles. The van der Waals surface area contributed by atoms with Crippen LogP contribution in [0.4, 0.5) is 13.2 Å². The first kappa shape index (κ1) is 14.5. The van der Waals surface area contributed by atoms with Crippen LogP contribution in [0.1, 0.15) is 24.1 Å². The van der Waals surface area contributed by atoms with Gasteiger partial charge in [0.25, 0.3) is 0 Å². The van der Waals surface area contributed by atoms with Crippen LogP contribution in [0.3, 0.4) is 0 Å². The van der Waals surface area contributed by atoms with E-state index in [0.717, 1.165) is 18.4 Å². The highest BCUT2D eigenvalue weighted by Gasteiger charge is 2.38. The van der Waals surface area contributed by atoms with Gasteiger partial charge in [0, 0.05) is 23.3 Å². The van der Waals surface area contributed by atoms with Crippen LogP contribution >= 0.6 is 11.6 Å². The largest absolute Gasteiger partial charge is 0.431 e. The van der Waals surface area contributed by atoms with Crippen molar-refractivity contribution in [3.8, 4) is 11.1 Å². The van der Waals surface area contributed by atoms with Gasteiger partial charge < -0.3 is 4.57 Å². The van der Waals surface area contributed by atoms with Crippen molar-refractivity contribution < 1.29 is 13.2 Å². The highest BCUT2D eigenvalue weighted by Crippen LogP contribution is 2.40. The van der Waals surface area contributed by atoms with Gasteiger partial charge in [-0.15, -0.1) is 0 Å². The minimum atomic E-state index is -4.33. The van der Waals surface area contributed by atoms with Gasteiger partial charge in [-0.25, -0.2) is 0 Å². The van der Waals surface area contributed by atoms with E-state index >= 15 is 0 Å². The number of hydrogen-bond acceptors (Lipinski definition) is 0. The summed E-state index contributed by atoms with van der Waals surface area (Å²) < 4.78 is 41.4. The lowest BCUT2D eigenvalue weighted by Gasteiger charge is -2.12. The fourth-order valence-corrected chi connectivity index (χ4v) is 2.80. The highest BCUT2D eigenvalue weighted by atomic mass is 35.5. The summed E-state index contributed by atoms with van der Waals surface area (Å²) in [4.78, 5) is 0. The van der Waals surface area contributed by atoms with Crippen LogP contribution in [0.15, 0.2) is 30.5 Å². The van der Waals surface area contributed by atoms with Crippen molar-refractivity contribution in [2.45, 2.75) is 32.5 Å². The molecule has 0 atom stereocenters. The molecular weight excluding hydrogens is 299 g/mol. The molecule has 1 fully saturated rings. The molecule has 0 bridgehead atoms. The van der Waals surface area contributed by atoms with Gasteiger partial charge in [0.2, 0.25) is 0 Å². The van der Waals surface area contributed by atoms with E-state index in [0.29, 0.717) is 23.0 Å². The molecule has 0 unspecified atom stereocenters. The number of rotatable bonds is 3. The van der Waals surface area contributed by atoms with E-state index in [1.807, 2.05) is 0 Å². The zero-order valence-electron chi connectivity index (χ0n) is 11.5. The number of benzene rings is 1. The summed E-state index contributed by atoms with van der Waals surface area (Å²) in [6, 6.07) is 6.90. The smallest absolute Gasteiger partial charge is 0.343 e. The minimum absolute atomic E-state index is 0.283. The van der Waals surface area contributed by atoms with Crippen LogP contribution in [-0.4, -0.2) is 4.57 Å². The molecule has 1 saturated carbocycles. The van der Waals surface area contributed by atoms with Crippen LogP contribution in [0.2, 0.25) is 5.02 Å². The predicted molar refractivity (Wildman–Crippen MR) is 77.3 cm³/mol. The Balaban J connectivity index is 2.08. The minimum Gasteiger partial charge on any atom is -0.343 e. The lowest BCUT2D eigenvalue weighted by atomic mass is 10.0. The fourth-order valence-electron chi connectivity index (χ4n) is 2.68. The van der Waals surface area contributed by atoms with Crippen molar-refractivity contribution >= 4 is 11.6 Å². The molecule has 1 nitrogen and oxygen atoms in total. The molecule has 1 aliphatic rings. The molecule has 5 heteroatoms. The lowest BCUT2D eigenvalue weighted by Crippen LogP contribution is -2.15. The van der Waals surface area contributed by atoms with Crippen LogP contribution in [0.25, 0.3) is 11.1 Å². The normalized spacial score (nSPS) is 15.5. The van der Waals surface area contributed by atoms with E-state index in [4.69, 9.17) is 11.6 Å². The Kier molecular flexibility index (Phi) is 3.52. The van der Waals surface area contributed by atoms with Crippen LogP contribution in [-0.2, 0) is 12.7 Å². The van der Waals surface area contributed by atoms with Crippen LogP contribution < -0.4 is 0 Å². The number of halogens is 4. The van der Waals surface area contributed by atoms with Gasteiger partial charge in [-0.3, -0.25) is 0 Å². The van der Waals surface area contributed by atoms with Gasteiger partial charge in [0.05, 0.1) is 0 Å². The number of nitrogens with zero attached hydrogens (tertiary/aromatic N) is 1. The molecule has 0 aliphatic heterocycles. The fraction of sp³-hybridized carbons (Fsp3) is 0.375. The molecule has 0 radical (unpaired) electrons. The first-order valence-electron chi connectivity index (χ1n) is 6.89. The predicted octanol–water partition coefficient (Wildman–Crippen LogP) is 5.55. The van der Waals surface area contributed by atoms with Crippen LogP contribution in [0.5, 0.6) is 0 Å².